The van der Waals surface area contributed by atoms with Gasteiger partial charge in [0.1, 0.15) is 30.7 Å². The molecule has 81 valence electrons. The summed E-state index contributed by atoms with van der Waals surface area (Å²) in [5.41, 5.74) is 0. The third kappa shape index (κ3) is 3.70. The minimum atomic E-state index is -1.74. The van der Waals surface area contributed by atoms with Gasteiger partial charge in [0.2, 0.25) is 0 Å². The predicted molar refractivity (Wildman–Crippen MR) is 44.0 cm³/mol. The Morgan fingerprint density at radius 1 is 1.29 bits per heavy atom. The van der Waals surface area contributed by atoms with E-state index in [2.05, 4.69) is 4.65 Å². The van der Waals surface area contributed by atoms with Gasteiger partial charge in [-0.25, -0.2) is 0 Å². The molecule has 0 heterocycles. The molecule has 0 bridgehead atoms. The van der Waals surface area contributed by atoms with Gasteiger partial charge < -0.3 is 34.9 Å². The number of rotatable bonds is 7. The molecular formula is C6H12BO7. The summed E-state index contributed by atoms with van der Waals surface area (Å²) in [6.45, 7) is -0.771. The molecule has 8 heteroatoms. The topological polar surface area (TPSA) is 127 Å². The number of carbonyl (C=O) groups is 1. The quantitative estimate of drug-likeness (QED) is 0.213. The van der Waals surface area contributed by atoms with Gasteiger partial charge in [0, 0.05) is 0 Å². The molecule has 0 rings (SSSR count). The van der Waals surface area contributed by atoms with Gasteiger partial charge >= 0.3 is 7.69 Å². The zero-order valence-electron chi connectivity index (χ0n) is 7.22. The molecule has 0 aromatic rings. The maximum atomic E-state index is 10.3. The Kier molecular flexibility index (Phi) is 6.63. The van der Waals surface area contributed by atoms with E-state index in [1.165, 1.54) is 0 Å². The van der Waals surface area contributed by atoms with Crippen LogP contribution in [0.5, 0.6) is 0 Å². The SMILES string of the molecule is O=C[C@H](O[B]O)[C@@H](O)[C@H](O)[C@H](O)CO. The largest absolute Gasteiger partial charge is 0.485 e. The molecule has 0 aromatic heterocycles. The Morgan fingerprint density at radius 3 is 2.21 bits per heavy atom. The van der Waals surface area contributed by atoms with Crippen molar-refractivity contribution in [2.45, 2.75) is 24.4 Å². The molecule has 0 aliphatic rings. The van der Waals surface area contributed by atoms with E-state index in [4.69, 9.17) is 20.3 Å². The van der Waals surface area contributed by atoms with E-state index >= 15 is 0 Å². The number of hydrogen-bond donors (Lipinski definition) is 5. The highest BCUT2D eigenvalue weighted by molar-refractivity contribution is 6.16. The van der Waals surface area contributed by atoms with Gasteiger partial charge in [-0.2, -0.15) is 0 Å². The van der Waals surface area contributed by atoms with Crippen LogP contribution in [0.25, 0.3) is 0 Å². The Hall–Kier alpha value is -0.505. The van der Waals surface area contributed by atoms with Crippen LogP contribution in [0.4, 0.5) is 0 Å². The molecule has 0 unspecified atom stereocenters. The Labute approximate surface area is 80.9 Å². The first-order valence-corrected chi connectivity index (χ1v) is 3.80. The summed E-state index contributed by atoms with van der Waals surface area (Å²) in [6, 6.07) is 0. The number of hydrogen-bond acceptors (Lipinski definition) is 7. The van der Waals surface area contributed by atoms with Gasteiger partial charge in [-0.3, -0.25) is 0 Å². The lowest BCUT2D eigenvalue weighted by Gasteiger charge is -2.25. The van der Waals surface area contributed by atoms with E-state index < -0.39 is 31.0 Å². The second-order valence-electron chi connectivity index (χ2n) is 2.57. The van der Waals surface area contributed by atoms with Crippen molar-refractivity contribution < 1.29 is 34.9 Å². The van der Waals surface area contributed by atoms with E-state index in [0.717, 1.165) is 0 Å². The van der Waals surface area contributed by atoms with Gasteiger partial charge in [-0.1, -0.05) is 0 Å². The molecule has 14 heavy (non-hydrogen) atoms. The van der Waals surface area contributed by atoms with Gasteiger partial charge in [0.15, 0.2) is 0 Å². The van der Waals surface area contributed by atoms with Crippen molar-refractivity contribution in [3.8, 4) is 0 Å². The zero-order valence-corrected chi connectivity index (χ0v) is 7.22. The predicted octanol–water partition coefficient (Wildman–Crippen LogP) is -3.83. The van der Waals surface area contributed by atoms with Gasteiger partial charge in [0.05, 0.1) is 6.61 Å². The van der Waals surface area contributed by atoms with E-state index in [1.807, 2.05) is 0 Å². The number of carbonyl (C=O) groups excluding carboxylic acids is 1. The van der Waals surface area contributed by atoms with Crippen molar-refractivity contribution in [3.05, 3.63) is 0 Å². The fraction of sp³-hybridized carbons (Fsp3) is 0.833. The normalized spacial score (nSPS) is 19.5. The molecule has 0 saturated heterocycles. The maximum Gasteiger partial charge on any atom is 0.485 e. The monoisotopic (exact) mass is 207 g/mol. The van der Waals surface area contributed by atoms with Crippen molar-refractivity contribution in [1.29, 1.82) is 0 Å². The third-order valence-corrected chi connectivity index (χ3v) is 1.62. The number of aliphatic hydroxyl groups excluding tert-OH is 4. The van der Waals surface area contributed by atoms with E-state index in [-0.39, 0.29) is 14.0 Å². The van der Waals surface area contributed by atoms with Crippen molar-refractivity contribution in [1.82, 2.24) is 0 Å². The highest BCUT2D eigenvalue weighted by Crippen LogP contribution is 2.05. The van der Waals surface area contributed by atoms with Crippen molar-refractivity contribution in [2.75, 3.05) is 6.61 Å². The van der Waals surface area contributed by atoms with Gasteiger partial charge in [0.25, 0.3) is 0 Å². The summed E-state index contributed by atoms with van der Waals surface area (Å²) in [6.07, 6.45) is -6.43. The van der Waals surface area contributed by atoms with Gasteiger partial charge in [-0.05, 0) is 0 Å². The van der Waals surface area contributed by atoms with Crippen LogP contribution in [0.2, 0.25) is 0 Å². The first kappa shape index (κ1) is 13.5. The average Bonchev–Trinajstić information content (AvgIpc) is 2.22. The van der Waals surface area contributed by atoms with Crippen LogP contribution in [0, 0.1) is 0 Å². The maximum absolute atomic E-state index is 10.3. The fourth-order valence-corrected chi connectivity index (χ4v) is 0.793. The Morgan fingerprint density at radius 2 is 1.86 bits per heavy atom. The van der Waals surface area contributed by atoms with E-state index in [0.29, 0.717) is 0 Å². The summed E-state index contributed by atoms with van der Waals surface area (Å²) >= 11 is 0. The summed E-state index contributed by atoms with van der Waals surface area (Å²) in [5, 5.41) is 43.8. The smallest absolute Gasteiger partial charge is 0.429 e. The summed E-state index contributed by atoms with van der Waals surface area (Å²) < 4.78 is 4.23. The minimum absolute atomic E-state index is 0.144. The molecule has 0 fully saturated rings. The van der Waals surface area contributed by atoms with Crippen molar-refractivity contribution >= 4 is 14.0 Å². The summed E-state index contributed by atoms with van der Waals surface area (Å²) in [5.74, 6) is 0. The standard InChI is InChI=1S/C6H12BO7/c8-1-3(10)5(11)6(12)4(2-9)14-7-13/h2-6,8,10-13H,1H2/t3-,4+,5-,6-/m1/s1. The van der Waals surface area contributed by atoms with Crippen LogP contribution in [0.1, 0.15) is 0 Å². The second-order valence-corrected chi connectivity index (χ2v) is 2.57. The molecule has 0 saturated carbocycles. The van der Waals surface area contributed by atoms with Crippen LogP contribution < -0.4 is 0 Å². The lowest BCUT2D eigenvalue weighted by Crippen LogP contribution is -2.47. The lowest BCUT2D eigenvalue weighted by atomic mass is 10.0. The molecule has 0 amide bonds. The number of aliphatic hydroxyl groups is 4. The molecular weight excluding hydrogens is 195 g/mol. The van der Waals surface area contributed by atoms with Crippen LogP contribution in [-0.2, 0) is 9.45 Å². The van der Waals surface area contributed by atoms with Crippen molar-refractivity contribution in [2.24, 2.45) is 0 Å². The van der Waals surface area contributed by atoms with Crippen LogP contribution >= 0.6 is 0 Å². The summed E-state index contributed by atoms with van der Waals surface area (Å²) in [4.78, 5) is 10.3. The Bertz CT molecular complexity index is 166. The zero-order chi connectivity index (χ0) is 11.1. The van der Waals surface area contributed by atoms with Crippen molar-refractivity contribution in [3.63, 3.8) is 0 Å². The molecule has 5 N–H and O–H groups in total. The lowest BCUT2D eigenvalue weighted by molar-refractivity contribution is -0.133. The van der Waals surface area contributed by atoms with E-state index in [9.17, 15) is 9.90 Å². The van der Waals surface area contributed by atoms with Gasteiger partial charge in [-0.15, -0.1) is 0 Å². The highest BCUT2D eigenvalue weighted by atomic mass is 16.5. The molecule has 0 spiro atoms. The first-order valence-electron chi connectivity index (χ1n) is 3.80. The fourth-order valence-electron chi connectivity index (χ4n) is 0.793. The molecule has 7 nitrogen and oxygen atoms in total. The second kappa shape index (κ2) is 6.88. The average molecular weight is 207 g/mol. The third-order valence-electron chi connectivity index (χ3n) is 1.62. The van der Waals surface area contributed by atoms with Crippen LogP contribution in [0.15, 0.2) is 0 Å². The first-order chi connectivity index (χ1) is 6.58. The molecule has 0 aliphatic carbocycles. The molecule has 0 aromatic carbocycles. The molecule has 4 atom stereocenters. The molecule has 1 radical (unpaired) electrons. The van der Waals surface area contributed by atoms with Crippen LogP contribution in [0.3, 0.4) is 0 Å². The van der Waals surface area contributed by atoms with E-state index in [1.54, 1.807) is 0 Å². The van der Waals surface area contributed by atoms with Crippen LogP contribution in [-0.4, -0.2) is 70.4 Å². The highest BCUT2D eigenvalue weighted by Gasteiger charge is 2.31. The minimum Gasteiger partial charge on any atom is -0.429 e. The Balaban J connectivity index is 4.25. The number of aldehydes is 1. The molecule has 0 aliphatic heterocycles. The summed E-state index contributed by atoms with van der Waals surface area (Å²) in [7, 11) is 0.181.